The van der Waals surface area contributed by atoms with Gasteiger partial charge in [0, 0.05) is 17.9 Å². The molecular formula is C14H17N3O2. The molecule has 1 fully saturated rings. The first-order chi connectivity index (χ1) is 9.08. The van der Waals surface area contributed by atoms with E-state index in [2.05, 4.69) is 10.1 Å². The molecule has 3 rings (SSSR count). The van der Waals surface area contributed by atoms with Crippen LogP contribution >= 0.6 is 0 Å². The minimum Gasteiger partial charge on any atom is -0.399 e. The van der Waals surface area contributed by atoms with Crippen LogP contribution < -0.4 is 5.73 Å². The third kappa shape index (κ3) is 2.10. The summed E-state index contributed by atoms with van der Waals surface area (Å²) in [5.74, 6) is 1.14. The van der Waals surface area contributed by atoms with Gasteiger partial charge in [0.15, 0.2) is 0 Å². The smallest absolute Gasteiger partial charge is 0.258 e. The monoisotopic (exact) mass is 259 g/mol. The summed E-state index contributed by atoms with van der Waals surface area (Å²) in [6.45, 7) is 4.73. The predicted molar refractivity (Wildman–Crippen MR) is 71.4 cm³/mol. The summed E-state index contributed by atoms with van der Waals surface area (Å²) >= 11 is 0. The predicted octanol–water partition coefficient (Wildman–Crippen LogP) is 2.65. The normalized spacial score (nSPS) is 22.8. The number of hydrogen-bond donors (Lipinski definition) is 1. The molecule has 0 spiro atoms. The summed E-state index contributed by atoms with van der Waals surface area (Å²) in [6.07, 6.45) is 1.95. The molecule has 2 heterocycles. The molecule has 0 saturated carbocycles. The van der Waals surface area contributed by atoms with Crippen molar-refractivity contribution in [2.75, 3.05) is 12.3 Å². The van der Waals surface area contributed by atoms with Gasteiger partial charge in [-0.25, -0.2) is 0 Å². The molecule has 5 nitrogen and oxygen atoms in total. The van der Waals surface area contributed by atoms with Crippen molar-refractivity contribution in [2.24, 2.45) is 0 Å². The molecule has 1 saturated heterocycles. The molecule has 19 heavy (non-hydrogen) atoms. The molecule has 0 aliphatic carbocycles. The van der Waals surface area contributed by atoms with Gasteiger partial charge < -0.3 is 15.0 Å². The van der Waals surface area contributed by atoms with Crippen LogP contribution in [0.4, 0.5) is 5.69 Å². The largest absolute Gasteiger partial charge is 0.399 e. The molecule has 0 amide bonds. The Kier molecular flexibility index (Phi) is 2.78. The fourth-order valence-electron chi connectivity index (χ4n) is 2.43. The second-order valence-electron chi connectivity index (χ2n) is 5.18. The third-order valence-electron chi connectivity index (χ3n) is 3.60. The van der Waals surface area contributed by atoms with E-state index in [9.17, 15) is 0 Å². The number of nitrogens with two attached hydrogens (primary N) is 1. The van der Waals surface area contributed by atoms with Crippen LogP contribution in [0.15, 0.2) is 22.7 Å². The van der Waals surface area contributed by atoms with Gasteiger partial charge in [-0.2, -0.15) is 4.98 Å². The second kappa shape index (κ2) is 4.35. The summed E-state index contributed by atoms with van der Waals surface area (Å²) in [5.41, 5.74) is 7.99. The second-order valence-corrected chi connectivity index (χ2v) is 5.18. The van der Waals surface area contributed by atoms with Crippen LogP contribution in [-0.2, 0) is 10.3 Å². The van der Waals surface area contributed by atoms with Gasteiger partial charge in [-0.05, 0) is 50.5 Å². The standard InChI is InChI=1S/C14H17N3O2/c1-9-8-10(15)4-5-11(9)12-16-13(17-19-12)14(2)6-3-7-18-14/h4-5,8H,3,6-7,15H2,1-2H3. The highest BCUT2D eigenvalue weighted by Gasteiger charge is 2.36. The molecule has 5 heteroatoms. The summed E-state index contributed by atoms with van der Waals surface area (Å²) in [5, 5.41) is 4.07. The van der Waals surface area contributed by atoms with E-state index in [-0.39, 0.29) is 0 Å². The van der Waals surface area contributed by atoms with Gasteiger partial charge in [-0.1, -0.05) is 5.16 Å². The summed E-state index contributed by atoms with van der Waals surface area (Å²) in [7, 11) is 0. The number of ether oxygens (including phenoxy) is 1. The number of hydrogen-bond acceptors (Lipinski definition) is 5. The van der Waals surface area contributed by atoms with Gasteiger partial charge in [-0.3, -0.25) is 0 Å². The number of benzene rings is 1. The van der Waals surface area contributed by atoms with Gasteiger partial charge >= 0.3 is 0 Å². The average molecular weight is 259 g/mol. The van der Waals surface area contributed by atoms with Crippen molar-refractivity contribution >= 4 is 5.69 Å². The molecule has 1 aromatic carbocycles. The van der Waals surface area contributed by atoms with Crippen LogP contribution in [-0.4, -0.2) is 16.7 Å². The molecule has 1 atom stereocenters. The Morgan fingerprint density at radius 3 is 2.89 bits per heavy atom. The molecule has 1 aliphatic rings. The number of aryl methyl sites for hydroxylation is 1. The molecule has 100 valence electrons. The third-order valence-corrected chi connectivity index (χ3v) is 3.60. The highest BCUT2D eigenvalue weighted by molar-refractivity contribution is 5.62. The lowest BCUT2D eigenvalue weighted by molar-refractivity contribution is 0.00768. The minimum absolute atomic E-state index is 0.413. The Morgan fingerprint density at radius 2 is 2.21 bits per heavy atom. The molecule has 0 radical (unpaired) electrons. The van der Waals surface area contributed by atoms with E-state index in [1.807, 2.05) is 32.0 Å². The lowest BCUT2D eigenvalue weighted by Gasteiger charge is -2.17. The van der Waals surface area contributed by atoms with E-state index >= 15 is 0 Å². The van der Waals surface area contributed by atoms with Crippen LogP contribution in [0.2, 0.25) is 0 Å². The van der Waals surface area contributed by atoms with E-state index in [4.69, 9.17) is 15.0 Å². The van der Waals surface area contributed by atoms with Crippen LogP contribution in [0.25, 0.3) is 11.5 Å². The first-order valence-corrected chi connectivity index (χ1v) is 6.43. The average Bonchev–Trinajstić information content (AvgIpc) is 2.99. The van der Waals surface area contributed by atoms with Crippen molar-refractivity contribution in [3.63, 3.8) is 0 Å². The Morgan fingerprint density at radius 1 is 1.37 bits per heavy atom. The van der Waals surface area contributed by atoms with Crippen molar-refractivity contribution in [3.05, 3.63) is 29.6 Å². The minimum atomic E-state index is -0.413. The topological polar surface area (TPSA) is 74.2 Å². The number of rotatable bonds is 2. The van der Waals surface area contributed by atoms with E-state index in [1.54, 1.807) is 0 Å². The lowest BCUT2D eigenvalue weighted by Crippen LogP contribution is -2.21. The highest BCUT2D eigenvalue weighted by Crippen LogP contribution is 2.35. The summed E-state index contributed by atoms with van der Waals surface area (Å²) in [6, 6.07) is 5.63. The summed E-state index contributed by atoms with van der Waals surface area (Å²) < 4.78 is 11.1. The van der Waals surface area contributed by atoms with Gasteiger partial charge in [0.2, 0.25) is 5.82 Å². The molecule has 1 unspecified atom stereocenters. The quantitative estimate of drug-likeness (QED) is 0.839. The lowest BCUT2D eigenvalue weighted by atomic mass is 10.0. The maximum atomic E-state index is 5.74. The summed E-state index contributed by atoms with van der Waals surface area (Å²) in [4.78, 5) is 4.48. The number of nitrogen functional groups attached to an aromatic ring is 1. The molecular weight excluding hydrogens is 242 g/mol. The molecule has 0 bridgehead atoms. The van der Waals surface area contributed by atoms with Gasteiger partial charge in [0.1, 0.15) is 5.60 Å². The van der Waals surface area contributed by atoms with Gasteiger partial charge in [0.25, 0.3) is 5.89 Å². The fraction of sp³-hybridized carbons (Fsp3) is 0.429. The van der Waals surface area contributed by atoms with Gasteiger partial charge in [0.05, 0.1) is 0 Å². The molecule has 2 N–H and O–H groups in total. The highest BCUT2D eigenvalue weighted by atomic mass is 16.5. The van der Waals surface area contributed by atoms with E-state index in [0.29, 0.717) is 11.7 Å². The fourth-order valence-corrected chi connectivity index (χ4v) is 2.43. The SMILES string of the molecule is Cc1cc(N)ccc1-c1nc(C2(C)CCCO2)no1. The van der Waals surface area contributed by atoms with Crippen molar-refractivity contribution in [1.82, 2.24) is 10.1 Å². The first kappa shape index (κ1) is 12.2. The first-order valence-electron chi connectivity index (χ1n) is 6.43. The van der Waals surface area contributed by atoms with E-state index < -0.39 is 5.60 Å². The van der Waals surface area contributed by atoms with Crippen molar-refractivity contribution in [1.29, 1.82) is 0 Å². The number of anilines is 1. The van der Waals surface area contributed by atoms with Crippen molar-refractivity contribution in [3.8, 4) is 11.5 Å². The zero-order valence-corrected chi connectivity index (χ0v) is 11.1. The Bertz CT molecular complexity index is 600. The van der Waals surface area contributed by atoms with Crippen molar-refractivity contribution in [2.45, 2.75) is 32.3 Å². The Hall–Kier alpha value is -1.88. The van der Waals surface area contributed by atoms with Crippen LogP contribution in [0.5, 0.6) is 0 Å². The van der Waals surface area contributed by atoms with Crippen LogP contribution in [0.3, 0.4) is 0 Å². The maximum absolute atomic E-state index is 5.74. The van der Waals surface area contributed by atoms with Crippen molar-refractivity contribution < 1.29 is 9.26 Å². The Balaban J connectivity index is 1.97. The van der Waals surface area contributed by atoms with E-state index in [1.165, 1.54) is 0 Å². The number of nitrogens with zero attached hydrogens (tertiary/aromatic N) is 2. The zero-order chi connectivity index (χ0) is 13.5. The molecule has 1 aliphatic heterocycles. The van der Waals surface area contributed by atoms with Crippen LogP contribution in [0.1, 0.15) is 31.2 Å². The van der Waals surface area contributed by atoms with Crippen LogP contribution in [0, 0.1) is 6.92 Å². The zero-order valence-electron chi connectivity index (χ0n) is 11.1. The molecule has 1 aromatic heterocycles. The van der Waals surface area contributed by atoms with E-state index in [0.717, 1.165) is 36.3 Å². The van der Waals surface area contributed by atoms with Gasteiger partial charge in [-0.15, -0.1) is 0 Å². The maximum Gasteiger partial charge on any atom is 0.258 e. The Labute approximate surface area is 111 Å². The molecule has 2 aromatic rings. The number of aromatic nitrogens is 2.